The molecule has 0 atom stereocenters. The first kappa shape index (κ1) is 47.2. The number of ether oxygens (including phenoxy) is 6. The van der Waals surface area contributed by atoms with Gasteiger partial charge in [-0.15, -0.1) is 0 Å². The minimum absolute atomic E-state index is 0.130. The van der Waals surface area contributed by atoms with Crippen molar-refractivity contribution in [2.45, 2.75) is 51.4 Å². The van der Waals surface area contributed by atoms with Crippen LogP contribution in [-0.2, 0) is 34.0 Å². The number of carboxylic acids is 2. The van der Waals surface area contributed by atoms with Gasteiger partial charge in [-0.1, -0.05) is 56.7 Å². The molecular formula is C48H44O16. The summed E-state index contributed by atoms with van der Waals surface area (Å²) in [7, 11) is 0. The van der Waals surface area contributed by atoms with Gasteiger partial charge in [-0.2, -0.15) is 0 Å². The lowest BCUT2D eigenvalue weighted by molar-refractivity contribution is -0.140. The van der Waals surface area contributed by atoms with Gasteiger partial charge in [0.15, 0.2) is 0 Å². The Morgan fingerprint density at radius 2 is 0.844 bits per heavy atom. The molecule has 0 spiro atoms. The van der Waals surface area contributed by atoms with Crippen molar-refractivity contribution in [1.82, 2.24) is 0 Å². The Balaban J connectivity index is 1.24. The zero-order valence-electron chi connectivity index (χ0n) is 35.0. The maximum absolute atomic E-state index is 13.2. The van der Waals surface area contributed by atoms with Crippen molar-refractivity contribution in [1.29, 1.82) is 0 Å². The van der Waals surface area contributed by atoms with E-state index in [0.717, 1.165) is 67.5 Å². The number of carbonyl (C=O) groups excluding carboxylic acids is 6. The minimum Gasteiger partial charge on any atom is -0.478 e. The summed E-state index contributed by atoms with van der Waals surface area (Å²) < 4.78 is 31.0. The first-order valence-electron chi connectivity index (χ1n) is 19.9. The number of hydrogen-bond acceptors (Lipinski definition) is 14. The van der Waals surface area contributed by atoms with Gasteiger partial charge in [0, 0.05) is 16.6 Å². The van der Waals surface area contributed by atoms with Crippen LogP contribution < -0.4 is 9.47 Å². The lowest BCUT2D eigenvalue weighted by atomic mass is 9.65. The highest BCUT2D eigenvalue weighted by Gasteiger charge is 2.36. The molecule has 0 unspecified atom stereocenters. The zero-order chi connectivity index (χ0) is 46.6. The van der Waals surface area contributed by atoms with Crippen LogP contribution in [0.3, 0.4) is 0 Å². The second-order valence-corrected chi connectivity index (χ2v) is 14.7. The molecule has 0 heterocycles. The van der Waals surface area contributed by atoms with E-state index in [4.69, 9.17) is 28.4 Å². The predicted molar refractivity (Wildman–Crippen MR) is 226 cm³/mol. The third-order valence-electron chi connectivity index (χ3n) is 10.1. The van der Waals surface area contributed by atoms with E-state index in [1.165, 1.54) is 26.0 Å². The lowest BCUT2D eigenvalue weighted by Crippen LogP contribution is -2.30. The zero-order valence-corrected chi connectivity index (χ0v) is 35.0. The number of rotatable bonds is 18. The van der Waals surface area contributed by atoms with Gasteiger partial charge >= 0.3 is 47.8 Å². The molecule has 1 aliphatic carbocycles. The van der Waals surface area contributed by atoms with Crippen LogP contribution in [-0.4, -0.2) is 84.4 Å². The molecule has 0 bridgehead atoms. The van der Waals surface area contributed by atoms with E-state index in [9.17, 15) is 48.6 Å². The van der Waals surface area contributed by atoms with Gasteiger partial charge < -0.3 is 38.6 Å². The van der Waals surface area contributed by atoms with Crippen LogP contribution in [0.5, 0.6) is 11.5 Å². The van der Waals surface area contributed by atoms with E-state index in [2.05, 4.69) is 13.2 Å². The molecule has 0 saturated heterocycles. The highest BCUT2D eigenvalue weighted by molar-refractivity contribution is 6.06. The van der Waals surface area contributed by atoms with Crippen LogP contribution in [0.15, 0.2) is 109 Å². The van der Waals surface area contributed by atoms with Crippen LogP contribution in [0.2, 0.25) is 0 Å². The average Bonchev–Trinajstić information content (AvgIpc) is 3.28. The fraction of sp³-hybridized carbons (Fsp3) is 0.250. The van der Waals surface area contributed by atoms with Gasteiger partial charge in [-0.25, -0.2) is 38.4 Å². The quantitative estimate of drug-likeness (QED) is 0.0328. The van der Waals surface area contributed by atoms with E-state index in [1.807, 2.05) is 24.3 Å². The van der Waals surface area contributed by atoms with Gasteiger partial charge in [0.1, 0.15) is 37.9 Å². The number of esters is 6. The molecule has 4 aromatic carbocycles. The molecule has 1 aliphatic rings. The molecule has 64 heavy (non-hydrogen) atoms. The molecular weight excluding hydrogens is 833 g/mol. The molecule has 2 N–H and O–H groups in total. The summed E-state index contributed by atoms with van der Waals surface area (Å²) in [5.41, 5.74) is -0.122. The maximum atomic E-state index is 13.2. The Bertz CT molecular complexity index is 2320. The lowest BCUT2D eigenvalue weighted by Gasteiger charge is -2.38. The van der Waals surface area contributed by atoms with Crippen molar-refractivity contribution >= 4 is 47.8 Å². The number of carbonyl (C=O) groups is 8. The summed E-state index contributed by atoms with van der Waals surface area (Å²) in [6.07, 6.45) is 4.49. The van der Waals surface area contributed by atoms with Crippen molar-refractivity contribution in [2.24, 2.45) is 0 Å². The predicted octanol–water partition coefficient (Wildman–Crippen LogP) is 7.32. The van der Waals surface area contributed by atoms with Crippen molar-refractivity contribution in [3.8, 4) is 11.5 Å². The molecule has 0 aliphatic heterocycles. The summed E-state index contributed by atoms with van der Waals surface area (Å²) in [6.45, 7) is 8.59. The summed E-state index contributed by atoms with van der Waals surface area (Å²) in [6, 6.07) is 20.6. The Morgan fingerprint density at radius 3 is 1.19 bits per heavy atom. The monoisotopic (exact) mass is 876 g/mol. The van der Waals surface area contributed by atoms with Crippen LogP contribution >= 0.6 is 0 Å². The normalized spacial score (nSPS) is 12.7. The molecule has 16 heteroatoms. The Kier molecular flexibility index (Phi) is 15.7. The molecule has 16 nitrogen and oxygen atoms in total. The Morgan fingerprint density at radius 1 is 0.484 bits per heavy atom. The molecule has 5 rings (SSSR count). The smallest absolute Gasteiger partial charge is 0.343 e. The molecule has 0 aromatic heterocycles. The fourth-order valence-corrected chi connectivity index (χ4v) is 6.91. The van der Waals surface area contributed by atoms with Crippen molar-refractivity contribution < 1.29 is 77.0 Å². The second-order valence-electron chi connectivity index (χ2n) is 14.7. The van der Waals surface area contributed by atoms with Crippen LogP contribution in [0.1, 0.15) is 119 Å². The molecule has 332 valence electrons. The molecule has 4 aromatic rings. The second kappa shape index (κ2) is 21.3. The van der Waals surface area contributed by atoms with E-state index in [-0.39, 0.29) is 71.3 Å². The minimum atomic E-state index is -1.48. The van der Waals surface area contributed by atoms with Crippen LogP contribution in [0.4, 0.5) is 0 Å². The number of benzene rings is 4. The first-order valence-corrected chi connectivity index (χ1v) is 19.9. The fourth-order valence-electron chi connectivity index (χ4n) is 6.91. The van der Waals surface area contributed by atoms with Crippen LogP contribution in [0.25, 0.3) is 0 Å². The molecule has 1 fully saturated rings. The Hall–Kier alpha value is -7.88. The summed E-state index contributed by atoms with van der Waals surface area (Å²) in [5.74, 6) is -7.67. The molecule has 0 amide bonds. The first-order chi connectivity index (χ1) is 30.5. The van der Waals surface area contributed by atoms with Crippen LogP contribution in [0, 0.1) is 0 Å². The topological polar surface area (TPSA) is 232 Å². The summed E-state index contributed by atoms with van der Waals surface area (Å²) >= 11 is 0. The number of aromatic carboxylic acids is 2. The van der Waals surface area contributed by atoms with E-state index < -0.39 is 64.3 Å². The van der Waals surface area contributed by atoms with Gasteiger partial charge in [0.05, 0.1) is 33.4 Å². The SMILES string of the molecule is C=C(C)C(=O)OCCOC(=O)c1ccc(C(=O)Oc2ccc(C3(c4ccc(OC(=O)c5ccc(C(=O)OCCOC(=O)C(=C)C)c(C(=O)O)c5)cc4)CCCCC3)cc2)cc1C(=O)O. The van der Waals surface area contributed by atoms with Crippen molar-refractivity contribution in [3.05, 3.63) is 154 Å². The Labute approximate surface area is 367 Å². The number of hydrogen-bond donors (Lipinski definition) is 2. The summed E-state index contributed by atoms with van der Waals surface area (Å²) in [5, 5.41) is 19.6. The third-order valence-corrected chi connectivity index (χ3v) is 10.1. The van der Waals surface area contributed by atoms with E-state index in [1.54, 1.807) is 24.3 Å². The molecule has 0 radical (unpaired) electrons. The van der Waals surface area contributed by atoms with E-state index in [0.29, 0.717) is 0 Å². The van der Waals surface area contributed by atoms with Gasteiger partial charge in [0.25, 0.3) is 0 Å². The standard InChI is InChI=1S/C48H44O16/c1-28(2)42(53)59-22-24-61-46(57)36-18-8-30(26-38(36)40(49)50)44(55)63-34-14-10-32(11-15-34)48(20-6-5-7-21-48)33-12-16-35(17-13-33)64-45(56)31-9-19-37(39(27-31)41(51)52)47(58)62-25-23-60-43(54)29(3)4/h8-19,26-27H,1,3,5-7,20-25H2,2,4H3,(H,49,50)(H,51,52). The largest absolute Gasteiger partial charge is 0.478 e. The summed E-state index contributed by atoms with van der Waals surface area (Å²) in [4.78, 5) is 98.6. The van der Waals surface area contributed by atoms with Crippen molar-refractivity contribution in [3.63, 3.8) is 0 Å². The number of carboxylic acid groups (broad SMARTS) is 2. The van der Waals surface area contributed by atoms with Crippen molar-refractivity contribution in [2.75, 3.05) is 26.4 Å². The molecule has 1 saturated carbocycles. The van der Waals surface area contributed by atoms with Gasteiger partial charge in [-0.05, 0) is 98.5 Å². The highest BCUT2D eigenvalue weighted by Crippen LogP contribution is 2.45. The maximum Gasteiger partial charge on any atom is 0.343 e. The third kappa shape index (κ3) is 11.7. The van der Waals surface area contributed by atoms with Gasteiger partial charge in [-0.3, -0.25) is 0 Å². The van der Waals surface area contributed by atoms with Gasteiger partial charge in [0.2, 0.25) is 0 Å². The van der Waals surface area contributed by atoms with E-state index >= 15 is 0 Å². The average molecular weight is 877 g/mol. The highest BCUT2D eigenvalue weighted by atomic mass is 16.6.